The van der Waals surface area contributed by atoms with Crippen molar-refractivity contribution in [3.05, 3.63) is 120 Å². The van der Waals surface area contributed by atoms with Crippen LogP contribution in [0.1, 0.15) is 22.5 Å². The van der Waals surface area contributed by atoms with Crippen LogP contribution in [0.4, 0.5) is 0 Å². The summed E-state index contributed by atoms with van der Waals surface area (Å²) in [5, 5.41) is 22.7. The van der Waals surface area contributed by atoms with Gasteiger partial charge >= 0.3 is 16.5 Å². The van der Waals surface area contributed by atoms with Crippen LogP contribution < -0.4 is 10.2 Å². The molecule has 0 spiro atoms. The molecule has 7 heteroatoms. The second-order valence-electron chi connectivity index (χ2n) is 6.66. The number of aliphatic imine (C=N–C) groups is 2. The van der Waals surface area contributed by atoms with Gasteiger partial charge in [0.05, 0.1) is 24.5 Å². The molecule has 0 fully saturated rings. The number of nitrogens with zero attached hydrogens (tertiary/aromatic N) is 4. The van der Waals surface area contributed by atoms with E-state index in [4.69, 9.17) is 0 Å². The molecule has 0 aliphatic rings. The van der Waals surface area contributed by atoms with Gasteiger partial charge in [-0.15, -0.1) is 11.5 Å². The summed E-state index contributed by atoms with van der Waals surface area (Å²) in [5.41, 5.74) is 3.00. The standard InChI is InChI=1S/2C13H12N2O.Ni/c2*16-13-7-2-1-5-11(13)9-14-10-12-6-3-4-8-15-12;/h2*1-9,16H,10H2;/q;;+2/p-2. The first-order valence-electron chi connectivity index (χ1n) is 10.0. The van der Waals surface area contributed by atoms with Crippen LogP contribution >= 0.6 is 0 Å². The third kappa shape index (κ3) is 9.05. The second-order valence-corrected chi connectivity index (χ2v) is 6.66. The zero-order chi connectivity index (χ0) is 22.4. The van der Waals surface area contributed by atoms with Crippen molar-refractivity contribution in [2.24, 2.45) is 9.98 Å². The summed E-state index contributed by atoms with van der Waals surface area (Å²) in [4.78, 5) is 16.7. The van der Waals surface area contributed by atoms with Gasteiger partial charge in [-0.3, -0.25) is 20.0 Å². The van der Waals surface area contributed by atoms with Gasteiger partial charge in [-0.1, -0.05) is 60.7 Å². The predicted octanol–water partition coefficient (Wildman–Crippen LogP) is 3.55. The molecule has 168 valence electrons. The molecule has 4 rings (SSSR count). The van der Waals surface area contributed by atoms with Crippen molar-refractivity contribution >= 4 is 12.4 Å². The van der Waals surface area contributed by atoms with Crippen molar-refractivity contribution in [1.29, 1.82) is 0 Å². The van der Waals surface area contributed by atoms with E-state index in [0.717, 1.165) is 11.4 Å². The number of para-hydroxylation sites is 2. The van der Waals surface area contributed by atoms with E-state index in [1.54, 1.807) is 49.1 Å². The van der Waals surface area contributed by atoms with Gasteiger partial charge in [-0.2, -0.15) is 0 Å². The molecule has 0 saturated carbocycles. The molecular weight excluding hydrogens is 459 g/mol. The Morgan fingerprint density at radius 1 is 0.576 bits per heavy atom. The number of aromatic nitrogens is 2. The summed E-state index contributed by atoms with van der Waals surface area (Å²) in [6.07, 6.45) is 6.65. The molecule has 0 bridgehead atoms. The third-order valence-corrected chi connectivity index (χ3v) is 4.26. The van der Waals surface area contributed by atoms with E-state index in [0.29, 0.717) is 24.2 Å². The average molecular weight is 481 g/mol. The summed E-state index contributed by atoms with van der Waals surface area (Å²) in [6.45, 7) is 0.990. The average Bonchev–Trinajstić information content (AvgIpc) is 2.83. The Kier molecular flexibility index (Phi) is 11.0. The smallest absolute Gasteiger partial charge is 0.872 e. The van der Waals surface area contributed by atoms with Crippen LogP contribution in [0.3, 0.4) is 0 Å². The number of pyridine rings is 2. The minimum absolute atomic E-state index is 0. The van der Waals surface area contributed by atoms with Crippen molar-refractivity contribution in [3.8, 4) is 11.5 Å². The van der Waals surface area contributed by atoms with Crippen LogP contribution in [0.15, 0.2) is 107 Å². The normalized spacial score (nSPS) is 10.4. The van der Waals surface area contributed by atoms with Crippen LogP contribution in [-0.4, -0.2) is 22.4 Å². The quantitative estimate of drug-likeness (QED) is 0.311. The Morgan fingerprint density at radius 2 is 0.970 bits per heavy atom. The number of hydrogen-bond donors (Lipinski definition) is 0. The molecular formula is C26H22N4NiO2. The first kappa shape index (κ1) is 25.4. The Morgan fingerprint density at radius 3 is 1.33 bits per heavy atom. The van der Waals surface area contributed by atoms with E-state index >= 15 is 0 Å². The first-order valence-corrected chi connectivity index (χ1v) is 10.0. The van der Waals surface area contributed by atoms with Crippen LogP contribution in [0.25, 0.3) is 0 Å². The van der Waals surface area contributed by atoms with Crippen LogP contribution in [0.5, 0.6) is 11.5 Å². The summed E-state index contributed by atoms with van der Waals surface area (Å²) in [5.74, 6) is -0.0143. The maximum absolute atomic E-state index is 11.4. The second kappa shape index (κ2) is 14.3. The predicted molar refractivity (Wildman–Crippen MR) is 123 cm³/mol. The summed E-state index contributed by atoms with van der Waals surface area (Å²) in [7, 11) is 0. The van der Waals surface area contributed by atoms with Gasteiger partial charge in [0.25, 0.3) is 0 Å². The summed E-state index contributed by atoms with van der Waals surface area (Å²) in [6, 6.07) is 25.0. The van der Waals surface area contributed by atoms with E-state index in [1.165, 1.54) is 12.1 Å². The van der Waals surface area contributed by atoms with Gasteiger partial charge in [-0.25, -0.2) is 0 Å². The van der Waals surface area contributed by atoms with E-state index in [9.17, 15) is 10.2 Å². The zero-order valence-electron chi connectivity index (χ0n) is 17.7. The molecule has 0 aliphatic carbocycles. The van der Waals surface area contributed by atoms with E-state index in [-0.39, 0.29) is 28.0 Å². The molecule has 2 aromatic heterocycles. The molecule has 2 aromatic carbocycles. The van der Waals surface area contributed by atoms with Crippen molar-refractivity contribution in [3.63, 3.8) is 0 Å². The maximum atomic E-state index is 11.4. The Bertz CT molecular complexity index is 1060. The van der Waals surface area contributed by atoms with E-state index in [2.05, 4.69) is 20.0 Å². The van der Waals surface area contributed by atoms with Crippen LogP contribution in [-0.2, 0) is 29.6 Å². The monoisotopic (exact) mass is 480 g/mol. The summed E-state index contributed by atoms with van der Waals surface area (Å²) >= 11 is 0. The molecule has 4 aromatic rings. The molecule has 2 heterocycles. The number of benzene rings is 2. The van der Waals surface area contributed by atoms with Crippen molar-refractivity contribution in [1.82, 2.24) is 9.97 Å². The van der Waals surface area contributed by atoms with Gasteiger partial charge < -0.3 is 10.2 Å². The van der Waals surface area contributed by atoms with Gasteiger partial charge in [0.1, 0.15) is 0 Å². The van der Waals surface area contributed by atoms with E-state index in [1.807, 2.05) is 48.5 Å². The molecule has 6 nitrogen and oxygen atoms in total. The fourth-order valence-electron chi connectivity index (χ4n) is 2.63. The van der Waals surface area contributed by atoms with Crippen molar-refractivity contribution < 1.29 is 26.7 Å². The van der Waals surface area contributed by atoms with Crippen LogP contribution in [0, 0.1) is 0 Å². The zero-order valence-corrected chi connectivity index (χ0v) is 18.7. The minimum atomic E-state index is -0.00716. The fourth-order valence-corrected chi connectivity index (χ4v) is 2.63. The molecule has 0 atom stereocenters. The van der Waals surface area contributed by atoms with E-state index < -0.39 is 0 Å². The van der Waals surface area contributed by atoms with Gasteiger partial charge in [0.2, 0.25) is 0 Å². The third-order valence-electron chi connectivity index (χ3n) is 4.26. The SMILES string of the molecule is [Ni+2].[O-]c1ccccc1C=NCc1ccccn1.[O-]c1ccccc1C=NCc1ccccn1. The van der Waals surface area contributed by atoms with Gasteiger partial charge in [0.15, 0.2) is 0 Å². The number of rotatable bonds is 6. The van der Waals surface area contributed by atoms with Crippen molar-refractivity contribution in [2.75, 3.05) is 0 Å². The largest absolute Gasteiger partial charge is 2.00 e. The molecule has 0 N–H and O–H groups in total. The Hall–Kier alpha value is -3.83. The van der Waals surface area contributed by atoms with Gasteiger partial charge in [-0.05, 0) is 35.4 Å². The molecule has 0 unspecified atom stereocenters. The van der Waals surface area contributed by atoms with Crippen molar-refractivity contribution in [2.45, 2.75) is 13.1 Å². The topological polar surface area (TPSA) is 96.6 Å². The molecule has 33 heavy (non-hydrogen) atoms. The molecule has 0 saturated heterocycles. The molecule has 0 amide bonds. The maximum Gasteiger partial charge on any atom is 2.00 e. The fraction of sp³-hybridized carbons (Fsp3) is 0.0769. The Balaban J connectivity index is 0.000000227. The number of hydrogen-bond acceptors (Lipinski definition) is 6. The first-order chi connectivity index (χ1) is 15.7. The van der Waals surface area contributed by atoms with Gasteiger partial charge in [0, 0.05) is 24.8 Å². The Labute approximate surface area is 203 Å². The van der Waals surface area contributed by atoms with Crippen LogP contribution in [0.2, 0.25) is 0 Å². The molecule has 0 aliphatic heterocycles. The molecule has 0 radical (unpaired) electrons. The minimum Gasteiger partial charge on any atom is -0.872 e. The summed E-state index contributed by atoms with van der Waals surface area (Å²) < 4.78 is 0.